The zero-order valence-corrected chi connectivity index (χ0v) is 21.5. The van der Waals surface area contributed by atoms with Crippen molar-refractivity contribution in [2.24, 2.45) is 0 Å². The second-order valence-corrected chi connectivity index (χ2v) is 10.8. The molecule has 0 radical (unpaired) electrons. The van der Waals surface area contributed by atoms with E-state index in [1.54, 1.807) is 24.3 Å². The average molecular weight is 514 g/mol. The number of fused-ring (bicyclic) bond motifs is 3. The molecule has 5 aromatic rings. The van der Waals surface area contributed by atoms with Gasteiger partial charge in [-0.2, -0.15) is 0 Å². The summed E-state index contributed by atoms with van der Waals surface area (Å²) in [5.41, 5.74) is 6.86. The van der Waals surface area contributed by atoms with E-state index < -0.39 is 10.0 Å². The molecule has 9 heteroatoms. The third-order valence-corrected chi connectivity index (χ3v) is 6.78. The number of benzene rings is 3. The van der Waals surface area contributed by atoms with E-state index >= 15 is 0 Å². The molecule has 0 spiro atoms. The normalized spacial score (nSPS) is 11.5. The summed E-state index contributed by atoms with van der Waals surface area (Å²) in [6.45, 7) is 4.28. The van der Waals surface area contributed by atoms with Crippen molar-refractivity contribution in [1.29, 1.82) is 0 Å². The lowest BCUT2D eigenvalue weighted by molar-refractivity contribution is 0.102. The van der Waals surface area contributed by atoms with Gasteiger partial charge in [-0.1, -0.05) is 36.4 Å². The Morgan fingerprint density at radius 2 is 1.57 bits per heavy atom. The first kappa shape index (κ1) is 24.3. The quantitative estimate of drug-likeness (QED) is 0.227. The Kier molecular flexibility index (Phi) is 6.31. The van der Waals surface area contributed by atoms with Crippen LogP contribution in [0.5, 0.6) is 0 Å². The summed E-state index contributed by atoms with van der Waals surface area (Å²) in [5.74, 6) is -0.276. The lowest BCUT2D eigenvalue weighted by Crippen LogP contribution is -2.17. The summed E-state index contributed by atoms with van der Waals surface area (Å²) < 4.78 is 25.4. The molecule has 0 atom stereocenters. The van der Waals surface area contributed by atoms with E-state index in [1.165, 1.54) is 0 Å². The van der Waals surface area contributed by atoms with Gasteiger partial charge in [0.2, 0.25) is 10.0 Å². The summed E-state index contributed by atoms with van der Waals surface area (Å²) in [5, 5.41) is 8.30. The fourth-order valence-electron chi connectivity index (χ4n) is 4.40. The number of aryl methyl sites for hydroxylation is 2. The van der Waals surface area contributed by atoms with Gasteiger partial charge in [-0.3, -0.25) is 9.52 Å². The number of amides is 1. The molecule has 3 aromatic carbocycles. The van der Waals surface area contributed by atoms with Crippen molar-refractivity contribution in [2.75, 3.05) is 21.6 Å². The molecule has 2 heterocycles. The lowest BCUT2D eigenvalue weighted by Gasteiger charge is -2.13. The van der Waals surface area contributed by atoms with Gasteiger partial charge in [0.05, 0.1) is 24.0 Å². The van der Waals surface area contributed by atoms with Crippen molar-refractivity contribution in [3.8, 4) is 0 Å². The van der Waals surface area contributed by atoms with Crippen LogP contribution in [0.2, 0.25) is 0 Å². The van der Waals surface area contributed by atoms with Crippen LogP contribution >= 0.6 is 0 Å². The zero-order chi connectivity index (χ0) is 26.2. The number of aromatic nitrogens is 2. The monoisotopic (exact) mass is 513 g/mol. The Morgan fingerprint density at radius 3 is 2.27 bits per heavy atom. The van der Waals surface area contributed by atoms with Gasteiger partial charge in [0.25, 0.3) is 5.91 Å². The fourth-order valence-corrected chi connectivity index (χ4v) is 4.97. The Balaban J connectivity index is 1.49. The number of para-hydroxylation sites is 2. The third kappa shape index (κ3) is 5.26. The first-order valence-electron chi connectivity index (χ1n) is 11.8. The van der Waals surface area contributed by atoms with Gasteiger partial charge in [-0.15, -0.1) is 0 Å². The van der Waals surface area contributed by atoms with E-state index in [4.69, 9.17) is 4.98 Å². The van der Waals surface area contributed by atoms with Crippen molar-refractivity contribution in [2.45, 2.75) is 20.4 Å². The maximum absolute atomic E-state index is 13.3. The topological polar surface area (TPSA) is 116 Å². The summed E-state index contributed by atoms with van der Waals surface area (Å²) in [7, 11) is -3.35. The number of hydrogen-bond donors (Lipinski definition) is 4. The number of rotatable bonds is 7. The van der Waals surface area contributed by atoms with Gasteiger partial charge in [0.15, 0.2) is 0 Å². The molecular formula is C28H27N5O3S. The van der Waals surface area contributed by atoms with E-state index in [9.17, 15) is 13.2 Å². The highest BCUT2D eigenvalue weighted by molar-refractivity contribution is 7.92. The highest BCUT2D eigenvalue weighted by Crippen LogP contribution is 2.29. The number of pyridine rings is 1. The Morgan fingerprint density at radius 1 is 0.892 bits per heavy atom. The van der Waals surface area contributed by atoms with Crippen molar-refractivity contribution in [1.82, 2.24) is 9.97 Å². The molecule has 5 rings (SSSR count). The van der Waals surface area contributed by atoms with Crippen molar-refractivity contribution in [3.63, 3.8) is 0 Å². The molecule has 0 aliphatic carbocycles. The van der Waals surface area contributed by atoms with Crippen molar-refractivity contribution in [3.05, 3.63) is 95.3 Å². The first-order chi connectivity index (χ1) is 17.7. The highest BCUT2D eigenvalue weighted by Gasteiger charge is 2.17. The maximum Gasteiger partial charge on any atom is 0.274 e. The minimum Gasteiger partial charge on any atom is -0.379 e. The molecule has 0 unspecified atom stereocenters. The largest absolute Gasteiger partial charge is 0.379 e. The standard InChI is InChI=1S/C28H27N5O3S/c1-17-7-6-8-18(2)26(17)32-28(34)24-15-22-21-9-4-5-10-23(21)31-27(22)25(30-24)16-29-19-11-13-20(14-12-19)33-37(3,35)36/h4-15,29,31,33H,16H2,1-3H3,(H,32,34). The molecule has 188 valence electrons. The summed E-state index contributed by atoms with van der Waals surface area (Å²) >= 11 is 0. The SMILES string of the molecule is Cc1cccc(C)c1NC(=O)c1cc2c([nH]c3ccccc32)c(CNc2ccc(NS(C)(=O)=O)cc2)n1. The molecule has 8 nitrogen and oxygen atoms in total. The summed E-state index contributed by atoms with van der Waals surface area (Å²) in [4.78, 5) is 21.5. The number of nitrogens with one attached hydrogen (secondary N) is 4. The molecule has 2 aromatic heterocycles. The molecule has 1 amide bonds. The molecule has 0 bridgehead atoms. The van der Waals surface area contributed by atoms with Crippen LogP contribution in [0.25, 0.3) is 21.8 Å². The van der Waals surface area contributed by atoms with Crippen LogP contribution in [0.4, 0.5) is 17.1 Å². The molecule has 0 aliphatic heterocycles. The second kappa shape index (κ2) is 9.59. The van der Waals surface area contributed by atoms with Crippen LogP contribution in [-0.2, 0) is 16.6 Å². The number of carbonyl (C=O) groups excluding carboxylic acids is 1. The predicted octanol–water partition coefficient (Wildman–Crippen LogP) is 5.57. The van der Waals surface area contributed by atoms with Gasteiger partial charge in [0, 0.05) is 33.4 Å². The minimum atomic E-state index is -3.35. The van der Waals surface area contributed by atoms with Gasteiger partial charge in [0.1, 0.15) is 5.69 Å². The number of nitrogens with zero attached hydrogens (tertiary/aromatic N) is 1. The van der Waals surface area contributed by atoms with E-state index in [1.807, 2.05) is 62.4 Å². The molecule has 0 fully saturated rings. The van der Waals surface area contributed by atoms with Gasteiger partial charge >= 0.3 is 0 Å². The molecule has 0 saturated carbocycles. The number of anilines is 3. The number of H-pyrrole nitrogens is 1. The molecule has 0 saturated heterocycles. The van der Waals surface area contributed by atoms with Gasteiger partial charge in [-0.25, -0.2) is 13.4 Å². The van der Waals surface area contributed by atoms with Gasteiger partial charge < -0.3 is 15.6 Å². The Hall–Kier alpha value is -4.37. The van der Waals surface area contributed by atoms with Crippen LogP contribution in [-0.4, -0.2) is 30.5 Å². The fraction of sp³-hybridized carbons (Fsp3) is 0.143. The molecule has 4 N–H and O–H groups in total. The first-order valence-corrected chi connectivity index (χ1v) is 13.7. The highest BCUT2D eigenvalue weighted by atomic mass is 32.2. The van der Waals surface area contributed by atoms with E-state index in [0.29, 0.717) is 23.6 Å². The van der Waals surface area contributed by atoms with Crippen LogP contribution in [0.15, 0.2) is 72.8 Å². The van der Waals surface area contributed by atoms with Crippen LogP contribution in [0.1, 0.15) is 27.3 Å². The number of carbonyl (C=O) groups is 1. The maximum atomic E-state index is 13.3. The number of sulfonamides is 1. The number of aromatic amines is 1. The zero-order valence-electron chi connectivity index (χ0n) is 20.7. The minimum absolute atomic E-state index is 0.276. The Labute approximate surface area is 215 Å². The summed E-state index contributed by atoms with van der Waals surface area (Å²) in [6.07, 6.45) is 1.11. The third-order valence-electron chi connectivity index (χ3n) is 6.17. The lowest BCUT2D eigenvalue weighted by atomic mass is 10.1. The average Bonchev–Trinajstić information content (AvgIpc) is 3.23. The van der Waals surface area contributed by atoms with Crippen LogP contribution in [0, 0.1) is 13.8 Å². The summed E-state index contributed by atoms with van der Waals surface area (Å²) in [6, 6.07) is 22.6. The molecule has 37 heavy (non-hydrogen) atoms. The van der Waals surface area contributed by atoms with E-state index in [0.717, 1.165) is 50.6 Å². The number of hydrogen-bond acceptors (Lipinski definition) is 5. The predicted molar refractivity (Wildman–Crippen MR) is 150 cm³/mol. The van der Waals surface area contributed by atoms with E-state index in [-0.39, 0.29) is 5.91 Å². The second-order valence-electron chi connectivity index (χ2n) is 9.07. The van der Waals surface area contributed by atoms with E-state index in [2.05, 4.69) is 20.3 Å². The van der Waals surface area contributed by atoms with Crippen molar-refractivity contribution < 1.29 is 13.2 Å². The van der Waals surface area contributed by atoms with Crippen LogP contribution in [0.3, 0.4) is 0 Å². The molecule has 0 aliphatic rings. The smallest absolute Gasteiger partial charge is 0.274 e. The Bertz CT molecular complexity index is 1720. The van der Waals surface area contributed by atoms with Gasteiger partial charge in [-0.05, 0) is 61.4 Å². The molecular weight excluding hydrogens is 486 g/mol. The van der Waals surface area contributed by atoms with Crippen LogP contribution < -0.4 is 15.4 Å². The van der Waals surface area contributed by atoms with Crippen molar-refractivity contribution >= 4 is 54.8 Å².